The third-order valence-corrected chi connectivity index (χ3v) is 7.98. The van der Waals surface area contributed by atoms with Gasteiger partial charge in [-0.15, -0.1) is 11.6 Å². The Balaban J connectivity index is 1.20. The number of amides is 3. The monoisotopic (exact) mass is 611 g/mol. The molecular weight excluding hydrogens is 573 g/mol. The Bertz CT molecular complexity index is 1470. The minimum Gasteiger partial charge on any atom is -0.355 e. The predicted molar refractivity (Wildman–Crippen MR) is 165 cm³/mol. The summed E-state index contributed by atoms with van der Waals surface area (Å²) in [5.74, 6) is -0.453. The number of hydrogen-bond acceptors (Lipinski definition) is 5. The Morgan fingerprint density at radius 1 is 0.884 bits per heavy atom. The molecule has 2 heterocycles. The lowest BCUT2D eigenvalue weighted by molar-refractivity contribution is -0.132. The molecule has 0 bridgehead atoms. The minimum atomic E-state index is -0.596. The van der Waals surface area contributed by atoms with E-state index < -0.39 is 11.7 Å². The van der Waals surface area contributed by atoms with Crippen molar-refractivity contribution in [3.63, 3.8) is 0 Å². The third-order valence-electron chi connectivity index (χ3n) is 7.79. The fourth-order valence-corrected chi connectivity index (χ4v) is 5.47. The van der Waals surface area contributed by atoms with Crippen molar-refractivity contribution in [1.29, 1.82) is 0 Å². The molecule has 2 N–H and O–H groups in total. The van der Waals surface area contributed by atoms with Crippen molar-refractivity contribution in [2.24, 2.45) is 0 Å². The number of fused-ring (bicyclic) bond motifs is 1. The molecule has 0 spiro atoms. The van der Waals surface area contributed by atoms with Crippen molar-refractivity contribution < 1.29 is 18.8 Å². The standard InChI is InChI=1S/C32H39ClFN5O4/c33-15-16-35-29(40)11-5-3-1-2-4-6-12-30(41)38-17-19-39(20-18-38)32(43)26-21-23(13-14-27(26)34)22-28-24-9-7-8-10-25(24)31(42)37-36-28/h7-10,13-14,21H,1-6,11-12,15-20,22H2,(H,35,40)(H,37,42). The number of nitrogens with zero attached hydrogens (tertiary/aromatic N) is 3. The Kier molecular flexibility index (Phi) is 12.1. The molecule has 9 nitrogen and oxygen atoms in total. The first-order valence-corrected chi connectivity index (χ1v) is 15.5. The zero-order chi connectivity index (χ0) is 30.6. The number of aromatic amines is 1. The van der Waals surface area contributed by atoms with Gasteiger partial charge in [-0.05, 0) is 36.6 Å². The number of nitrogens with one attached hydrogen (secondary N) is 2. The van der Waals surface area contributed by atoms with Crippen LogP contribution in [0, 0.1) is 5.82 Å². The summed E-state index contributed by atoms with van der Waals surface area (Å²) in [6.45, 7) is 2.04. The summed E-state index contributed by atoms with van der Waals surface area (Å²) in [6.07, 6.45) is 6.99. The van der Waals surface area contributed by atoms with E-state index >= 15 is 0 Å². The van der Waals surface area contributed by atoms with Crippen LogP contribution in [0.5, 0.6) is 0 Å². The van der Waals surface area contributed by atoms with Gasteiger partial charge in [0.1, 0.15) is 5.82 Å². The molecule has 1 fully saturated rings. The molecule has 4 rings (SSSR count). The summed E-state index contributed by atoms with van der Waals surface area (Å²) in [5.41, 5.74) is 1.05. The van der Waals surface area contributed by atoms with E-state index in [1.165, 1.54) is 6.07 Å². The first-order chi connectivity index (χ1) is 20.9. The summed E-state index contributed by atoms with van der Waals surface area (Å²) < 4.78 is 14.8. The Labute approximate surface area is 255 Å². The van der Waals surface area contributed by atoms with E-state index in [2.05, 4.69) is 15.5 Å². The summed E-state index contributed by atoms with van der Waals surface area (Å²) in [4.78, 5) is 53.0. The van der Waals surface area contributed by atoms with Crippen molar-refractivity contribution in [1.82, 2.24) is 25.3 Å². The number of hydrogen-bond donors (Lipinski definition) is 2. The summed E-state index contributed by atoms with van der Waals surface area (Å²) >= 11 is 5.56. The maximum absolute atomic E-state index is 14.8. The number of alkyl halides is 1. The normalized spacial score (nSPS) is 13.3. The highest BCUT2D eigenvalue weighted by Gasteiger charge is 2.26. The zero-order valence-corrected chi connectivity index (χ0v) is 25.1. The van der Waals surface area contributed by atoms with Crippen LogP contribution < -0.4 is 10.9 Å². The average Bonchev–Trinajstić information content (AvgIpc) is 3.03. The number of aromatic nitrogens is 2. The van der Waals surface area contributed by atoms with Gasteiger partial charge in [-0.1, -0.05) is 49.9 Å². The van der Waals surface area contributed by atoms with E-state index in [1.54, 1.807) is 34.1 Å². The van der Waals surface area contributed by atoms with Crippen LogP contribution in [0.4, 0.5) is 4.39 Å². The Morgan fingerprint density at radius 3 is 2.26 bits per heavy atom. The molecule has 1 saturated heterocycles. The van der Waals surface area contributed by atoms with Crippen molar-refractivity contribution in [3.8, 4) is 0 Å². The smallest absolute Gasteiger partial charge is 0.272 e. The molecule has 0 saturated carbocycles. The molecule has 3 amide bonds. The fourth-order valence-electron chi connectivity index (χ4n) is 5.38. The number of unbranched alkanes of at least 4 members (excludes halogenated alkanes) is 5. The maximum atomic E-state index is 14.8. The summed E-state index contributed by atoms with van der Waals surface area (Å²) in [6, 6.07) is 11.6. The largest absolute Gasteiger partial charge is 0.355 e. The fraction of sp³-hybridized carbons (Fsp3) is 0.469. The van der Waals surface area contributed by atoms with E-state index in [9.17, 15) is 23.6 Å². The van der Waals surface area contributed by atoms with Crippen LogP contribution in [-0.4, -0.2) is 76.3 Å². The minimum absolute atomic E-state index is 0.0121. The van der Waals surface area contributed by atoms with Crippen LogP contribution >= 0.6 is 11.6 Å². The van der Waals surface area contributed by atoms with Gasteiger partial charge in [-0.3, -0.25) is 19.2 Å². The third kappa shape index (κ3) is 9.10. The van der Waals surface area contributed by atoms with Gasteiger partial charge < -0.3 is 15.1 Å². The second kappa shape index (κ2) is 16.2. The van der Waals surface area contributed by atoms with Gasteiger partial charge in [0.15, 0.2) is 0 Å². The van der Waals surface area contributed by atoms with Crippen molar-refractivity contribution in [3.05, 3.63) is 75.5 Å². The van der Waals surface area contributed by atoms with Crippen molar-refractivity contribution in [2.75, 3.05) is 38.6 Å². The summed E-state index contributed by atoms with van der Waals surface area (Å²) in [5, 5.41) is 10.7. The molecule has 0 unspecified atom stereocenters. The van der Waals surface area contributed by atoms with Crippen LogP contribution in [0.2, 0.25) is 0 Å². The molecule has 230 valence electrons. The number of carbonyl (C=O) groups is 3. The van der Waals surface area contributed by atoms with Gasteiger partial charge in [0, 0.05) is 63.3 Å². The van der Waals surface area contributed by atoms with Crippen LogP contribution in [0.3, 0.4) is 0 Å². The van der Waals surface area contributed by atoms with E-state index in [0.717, 1.165) is 38.5 Å². The first-order valence-electron chi connectivity index (χ1n) is 15.0. The highest BCUT2D eigenvalue weighted by Crippen LogP contribution is 2.20. The van der Waals surface area contributed by atoms with Crippen LogP contribution in [0.1, 0.15) is 73.0 Å². The van der Waals surface area contributed by atoms with Crippen LogP contribution in [0.15, 0.2) is 47.3 Å². The van der Waals surface area contributed by atoms with Crippen molar-refractivity contribution >= 4 is 40.1 Å². The quantitative estimate of drug-likeness (QED) is 0.207. The number of benzene rings is 2. The van der Waals surface area contributed by atoms with E-state index in [-0.39, 0.29) is 22.9 Å². The number of H-pyrrole nitrogens is 1. The van der Waals surface area contributed by atoms with Gasteiger partial charge >= 0.3 is 0 Å². The number of rotatable bonds is 14. The highest BCUT2D eigenvalue weighted by atomic mass is 35.5. The van der Waals surface area contributed by atoms with Crippen molar-refractivity contribution in [2.45, 2.75) is 57.8 Å². The maximum Gasteiger partial charge on any atom is 0.272 e. The van der Waals surface area contributed by atoms with Gasteiger partial charge in [-0.2, -0.15) is 5.10 Å². The second-order valence-electron chi connectivity index (χ2n) is 10.9. The molecule has 0 aliphatic carbocycles. The average molecular weight is 612 g/mol. The van der Waals surface area contributed by atoms with Crippen LogP contribution in [-0.2, 0) is 16.0 Å². The Morgan fingerprint density at radius 2 is 1.53 bits per heavy atom. The zero-order valence-electron chi connectivity index (χ0n) is 24.4. The SMILES string of the molecule is O=C(CCCCCCCCC(=O)N1CCN(C(=O)c2cc(Cc3n[nH]c(=O)c4ccccc34)ccc2F)CC1)NCCCl. The first kappa shape index (κ1) is 32.1. The van der Waals surface area contributed by atoms with Gasteiger partial charge in [-0.25, -0.2) is 9.49 Å². The van der Waals surface area contributed by atoms with E-state index in [1.807, 2.05) is 12.1 Å². The van der Waals surface area contributed by atoms with E-state index in [4.69, 9.17) is 11.6 Å². The predicted octanol–water partition coefficient (Wildman–Crippen LogP) is 4.41. The van der Waals surface area contributed by atoms with E-state index in [0.29, 0.717) is 79.9 Å². The molecule has 1 aliphatic heterocycles. The second-order valence-corrected chi connectivity index (χ2v) is 11.2. The molecular formula is C32H39ClFN5O4. The number of carbonyl (C=O) groups excluding carboxylic acids is 3. The number of halogens is 2. The Hall–Kier alpha value is -3.79. The molecule has 2 aromatic carbocycles. The lowest BCUT2D eigenvalue weighted by Gasteiger charge is -2.35. The lowest BCUT2D eigenvalue weighted by atomic mass is 10.0. The summed E-state index contributed by atoms with van der Waals surface area (Å²) in [7, 11) is 0. The molecule has 3 aromatic rings. The molecule has 0 atom stereocenters. The lowest BCUT2D eigenvalue weighted by Crippen LogP contribution is -2.50. The molecule has 11 heteroatoms. The van der Waals surface area contributed by atoms with Crippen LogP contribution in [0.25, 0.3) is 10.8 Å². The molecule has 0 radical (unpaired) electrons. The van der Waals surface area contributed by atoms with Gasteiger partial charge in [0.05, 0.1) is 16.6 Å². The topological polar surface area (TPSA) is 115 Å². The molecule has 1 aromatic heterocycles. The van der Waals surface area contributed by atoms with Gasteiger partial charge in [0.2, 0.25) is 11.8 Å². The highest BCUT2D eigenvalue weighted by molar-refractivity contribution is 6.18. The van der Waals surface area contributed by atoms with Gasteiger partial charge in [0.25, 0.3) is 11.5 Å². The molecule has 43 heavy (non-hydrogen) atoms. The number of piperazine rings is 1. The molecule has 1 aliphatic rings.